The van der Waals surface area contributed by atoms with Crippen LogP contribution < -0.4 is 0 Å². The van der Waals surface area contributed by atoms with Crippen LogP contribution in [0, 0.1) is 16.0 Å². The van der Waals surface area contributed by atoms with Crippen LogP contribution in [0.2, 0.25) is 0 Å². The predicted octanol–water partition coefficient (Wildman–Crippen LogP) is 4.25. The molecule has 2 rings (SSSR count). The second kappa shape index (κ2) is 6.00. The molecule has 0 bridgehead atoms. The third kappa shape index (κ3) is 3.32. The van der Waals surface area contributed by atoms with Gasteiger partial charge in [-0.05, 0) is 37.7 Å². The molecule has 96 valence electrons. The minimum absolute atomic E-state index is 0.135. The number of benzene rings is 1. The van der Waals surface area contributed by atoms with Crippen molar-refractivity contribution < 1.29 is 4.92 Å². The molecule has 1 atom stereocenters. The topological polar surface area (TPSA) is 55.5 Å². The molecule has 1 aromatic rings. The standard InChI is InChI=1S/C13H16N2O2S/c1-10-5-4-6-11(9-10)14-18-13-8-3-2-7-12(13)15(16)17/h2-3,7-8,10H,4-6,9H2,1H3/b14-11+. The van der Waals surface area contributed by atoms with E-state index in [0.717, 1.165) is 12.8 Å². The highest BCUT2D eigenvalue weighted by atomic mass is 32.2. The lowest BCUT2D eigenvalue weighted by molar-refractivity contribution is -0.387. The van der Waals surface area contributed by atoms with Crippen molar-refractivity contribution in [2.24, 2.45) is 10.3 Å². The van der Waals surface area contributed by atoms with Gasteiger partial charge >= 0.3 is 0 Å². The summed E-state index contributed by atoms with van der Waals surface area (Å²) in [7, 11) is 0. The van der Waals surface area contributed by atoms with E-state index in [1.54, 1.807) is 18.2 Å². The van der Waals surface area contributed by atoms with Crippen LogP contribution in [0.25, 0.3) is 0 Å². The Morgan fingerprint density at radius 1 is 1.44 bits per heavy atom. The molecule has 1 aromatic carbocycles. The molecule has 1 unspecified atom stereocenters. The van der Waals surface area contributed by atoms with Crippen LogP contribution in [-0.2, 0) is 0 Å². The molecule has 0 N–H and O–H groups in total. The average Bonchev–Trinajstić information content (AvgIpc) is 2.37. The number of nitrogens with zero attached hydrogens (tertiary/aromatic N) is 2. The van der Waals surface area contributed by atoms with Crippen molar-refractivity contribution in [3.8, 4) is 0 Å². The third-order valence-corrected chi connectivity index (χ3v) is 3.97. The zero-order valence-electron chi connectivity index (χ0n) is 10.3. The Hall–Kier alpha value is -1.36. The average molecular weight is 264 g/mol. The van der Waals surface area contributed by atoms with Gasteiger partial charge in [0.25, 0.3) is 5.69 Å². The lowest BCUT2D eigenvalue weighted by atomic mass is 9.89. The van der Waals surface area contributed by atoms with Gasteiger partial charge < -0.3 is 0 Å². The van der Waals surface area contributed by atoms with Gasteiger partial charge in [0, 0.05) is 23.7 Å². The number of hydrogen-bond donors (Lipinski definition) is 0. The first-order valence-corrected chi connectivity index (χ1v) is 6.90. The predicted molar refractivity (Wildman–Crippen MR) is 74.0 cm³/mol. The van der Waals surface area contributed by atoms with E-state index in [-0.39, 0.29) is 10.6 Å². The Labute approximate surface area is 111 Å². The second-order valence-electron chi connectivity index (χ2n) is 4.68. The van der Waals surface area contributed by atoms with Gasteiger partial charge in [-0.2, -0.15) is 0 Å². The Bertz CT molecular complexity index is 474. The zero-order chi connectivity index (χ0) is 13.0. The highest BCUT2D eigenvalue weighted by Gasteiger charge is 2.16. The molecule has 0 radical (unpaired) electrons. The largest absolute Gasteiger partial charge is 0.284 e. The number of nitro benzene ring substituents is 1. The molecule has 0 aromatic heterocycles. The van der Waals surface area contributed by atoms with E-state index in [9.17, 15) is 10.1 Å². The van der Waals surface area contributed by atoms with Gasteiger partial charge in [-0.25, -0.2) is 4.40 Å². The molecule has 0 spiro atoms. The Balaban J connectivity index is 2.10. The lowest BCUT2D eigenvalue weighted by Crippen LogP contribution is -2.11. The van der Waals surface area contributed by atoms with Crippen molar-refractivity contribution in [1.82, 2.24) is 0 Å². The van der Waals surface area contributed by atoms with Crippen molar-refractivity contribution in [3.63, 3.8) is 0 Å². The number of nitro groups is 1. The smallest absolute Gasteiger partial charge is 0.258 e. The number of hydrogen-bond acceptors (Lipinski definition) is 4. The fourth-order valence-corrected chi connectivity index (χ4v) is 2.91. The van der Waals surface area contributed by atoms with Crippen LogP contribution in [0.4, 0.5) is 5.69 Å². The fraction of sp³-hybridized carbons (Fsp3) is 0.462. The molecule has 1 fully saturated rings. The van der Waals surface area contributed by atoms with Gasteiger partial charge in [0.05, 0.1) is 4.92 Å². The minimum atomic E-state index is -0.355. The third-order valence-electron chi connectivity index (χ3n) is 3.08. The second-order valence-corrected chi connectivity index (χ2v) is 5.48. The Morgan fingerprint density at radius 3 is 2.94 bits per heavy atom. The van der Waals surface area contributed by atoms with Crippen molar-refractivity contribution in [1.29, 1.82) is 0 Å². The van der Waals surface area contributed by atoms with Crippen LogP contribution in [0.15, 0.2) is 33.6 Å². The minimum Gasteiger partial charge on any atom is -0.258 e. The first kappa shape index (κ1) is 13.1. The van der Waals surface area contributed by atoms with Gasteiger partial charge in [0.15, 0.2) is 0 Å². The molecular formula is C13H16N2O2S. The first-order chi connectivity index (χ1) is 8.66. The molecule has 0 heterocycles. The zero-order valence-corrected chi connectivity index (χ0v) is 11.2. The maximum Gasteiger partial charge on any atom is 0.284 e. The molecular weight excluding hydrogens is 248 g/mol. The fourth-order valence-electron chi connectivity index (χ4n) is 2.14. The molecule has 18 heavy (non-hydrogen) atoms. The molecule has 1 aliphatic carbocycles. The maximum atomic E-state index is 10.9. The van der Waals surface area contributed by atoms with Crippen molar-refractivity contribution in [3.05, 3.63) is 34.4 Å². The first-order valence-electron chi connectivity index (χ1n) is 6.13. The summed E-state index contributed by atoms with van der Waals surface area (Å²) in [6.45, 7) is 2.23. The highest BCUT2D eigenvalue weighted by molar-refractivity contribution is 7.98. The SMILES string of the molecule is CC1CCC/C(=N\Sc2ccccc2[N+](=O)[O-])C1. The summed E-state index contributed by atoms with van der Waals surface area (Å²) in [5.41, 5.74) is 1.31. The van der Waals surface area contributed by atoms with Crippen LogP contribution >= 0.6 is 11.9 Å². The number of rotatable bonds is 3. The van der Waals surface area contributed by atoms with Crippen LogP contribution in [0.5, 0.6) is 0 Å². The van der Waals surface area contributed by atoms with Gasteiger partial charge in [-0.1, -0.05) is 19.1 Å². The van der Waals surface area contributed by atoms with Gasteiger partial charge in [-0.15, -0.1) is 0 Å². The summed E-state index contributed by atoms with van der Waals surface area (Å²) in [4.78, 5) is 11.1. The van der Waals surface area contributed by atoms with Gasteiger partial charge in [0.1, 0.15) is 4.90 Å². The van der Waals surface area contributed by atoms with Crippen molar-refractivity contribution >= 4 is 23.3 Å². The van der Waals surface area contributed by atoms with E-state index in [0.29, 0.717) is 10.8 Å². The summed E-state index contributed by atoms with van der Waals surface area (Å²) in [5.74, 6) is 0.684. The van der Waals surface area contributed by atoms with Crippen LogP contribution in [0.3, 0.4) is 0 Å². The Kier molecular flexibility index (Phi) is 4.36. The molecule has 0 saturated heterocycles. The lowest BCUT2D eigenvalue weighted by Gasteiger charge is -2.18. The molecule has 4 nitrogen and oxygen atoms in total. The van der Waals surface area contributed by atoms with E-state index >= 15 is 0 Å². The molecule has 5 heteroatoms. The van der Waals surface area contributed by atoms with Crippen molar-refractivity contribution in [2.75, 3.05) is 0 Å². The quantitative estimate of drug-likeness (QED) is 0.466. The molecule has 1 aliphatic rings. The van der Waals surface area contributed by atoms with E-state index in [1.807, 2.05) is 0 Å². The normalized spacial score (nSPS) is 22.1. The molecule has 0 aliphatic heterocycles. The molecule has 1 saturated carbocycles. The van der Waals surface area contributed by atoms with Crippen LogP contribution in [0.1, 0.15) is 32.6 Å². The maximum absolute atomic E-state index is 10.9. The Morgan fingerprint density at radius 2 is 2.22 bits per heavy atom. The van der Waals surface area contributed by atoms with E-state index in [1.165, 1.54) is 36.6 Å². The number of para-hydroxylation sites is 1. The van der Waals surface area contributed by atoms with E-state index in [4.69, 9.17) is 0 Å². The van der Waals surface area contributed by atoms with Crippen molar-refractivity contribution in [2.45, 2.75) is 37.5 Å². The summed E-state index contributed by atoms with van der Waals surface area (Å²) < 4.78 is 4.48. The summed E-state index contributed by atoms with van der Waals surface area (Å²) in [6, 6.07) is 6.75. The summed E-state index contributed by atoms with van der Waals surface area (Å²) in [6.07, 6.45) is 4.48. The van der Waals surface area contributed by atoms with E-state index in [2.05, 4.69) is 11.3 Å². The monoisotopic (exact) mass is 264 g/mol. The summed E-state index contributed by atoms with van der Waals surface area (Å²) >= 11 is 1.23. The molecule has 0 amide bonds. The van der Waals surface area contributed by atoms with Crippen LogP contribution in [-0.4, -0.2) is 10.6 Å². The highest BCUT2D eigenvalue weighted by Crippen LogP contribution is 2.31. The van der Waals surface area contributed by atoms with Gasteiger partial charge in [-0.3, -0.25) is 10.1 Å². The summed E-state index contributed by atoms with van der Waals surface area (Å²) in [5, 5.41) is 10.9. The van der Waals surface area contributed by atoms with E-state index < -0.39 is 0 Å². The van der Waals surface area contributed by atoms with Gasteiger partial charge in [0.2, 0.25) is 0 Å².